The van der Waals surface area contributed by atoms with E-state index in [9.17, 15) is 4.39 Å². The SMILES string of the molecule is CCc1ccc(Nc2ncnc3onc(-c4ccc(F)cc4)c23)cc1. The normalized spacial score (nSPS) is 11.0. The van der Waals surface area contributed by atoms with Crippen LogP contribution in [-0.4, -0.2) is 15.1 Å². The molecule has 1 N–H and O–H groups in total. The van der Waals surface area contributed by atoms with E-state index in [1.165, 1.54) is 24.0 Å². The second-order valence-corrected chi connectivity index (χ2v) is 5.62. The van der Waals surface area contributed by atoms with Crippen LogP contribution in [0.25, 0.3) is 22.4 Å². The molecule has 0 unspecified atom stereocenters. The Morgan fingerprint density at radius 1 is 1.00 bits per heavy atom. The summed E-state index contributed by atoms with van der Waals surface area (Å²) in [5.74, 6) is 0.289. The topological polar surface area (TPSA) is 63.8 Å². The number of rotatable bonds is 4. The maximum Gasteiger partial charge on any atom is 0.263 e. The lowest BCUT2D eigenvalue weighted by molar-refractivity contribution is 0.451. The zero-order valence-corrected chi connectivity index (χ0v) is 13.5. The first kappa shape index (κ1) is 15.3. The molecule has 0 aliphatic rings. The van der Waals surface area contributed by atoms with Crippen LogP contribution in [-0.2, 0) is 6.42 Å². The standard InChI is InChI=1S/C19H15FN4O/c1-2-12-3-9-15(10-4-12)23-18-16-17(13-5-7-14(20)8-6-13)24-25-19(16)22-11-21-18/h3-11H,2H2,1H3,(H,21,22,23). The van der Waals surface area contributed by atoms with Gasteiger partial charge in [-0.05, 0) is 48.4 Å². The molecule has 0 amide bonds. The lowest BCUT2D eigenvalue weighted by Gasteiger charge is -2.07. The molecule has 0 bridgehead atoms. The Morgan fingerprint density at radius 2 is 1.76 bits per heavy atom. The summed E-state index contributed by atoms with van der Waals surface area (Å²) in [5, 5.41) is 8.03. The van der Waals surface area contributed by atoms with Gasteiger partial charge in [-0.1, -0.05) is 24.2 Å². The molecule has 6 heteroatoms. The Kier molecular flexibility index (Phi) is 3.85. The van der Waals surface area contributed by atoms with E-state index < -0.39 is 0 Å². The van der Waals surface area contributed by atoms with Crippen molar-refractivity contribution < 1.29 is 8.91 Å². The summed E-state index contributed by atoms with van der Waals surface area (Å²) in [5.41, 5.74) is 3.85. The summed E-state index contributed by atoms with van der Waals surface area (Å²) < 4.78 is 18.5. The van der Waals surface area contributed by atoms with Crippen molar-refractivity contribution in [1.82, 2.24) is 15.1 Å². The fourth-order valence-corrected chi connectivity index (χ4v) is 2.65. The molecule has 0 radical (unpaired) electrons. The Bertz CT molecular complexity index is 1010. The number of benzene rings is 2. The van der Waals surface area contributed by atoms with Crippen LogP contribution >= 0.6 is 0 Å². The van der Waals surface area contributed by atoms with Gasteiger partial charge in [0.25, 0.3) is 5.71 Å². The third-order valence-corrected chi connectivity index (χ3v) is 4.02. The third-order valence-electron chi connectivity index (χ3n) is 4.02. The summed E-state index contributed by atoms with van der Waals surface area (Å²) >= 11 is 0. The number of halogens is 1. The fraction of sp³-hybridized carbons (Fsp3) is 0.105. The van der Waals surface area contributed by atoms with E-state index in [1.807, 2.05) is 12.1 Å². The van der Waals surface area contributed by atoms with Crippen molar-refractivity contribution in [2.45, 2.75) is 13.3 Å². The third kappa shape index (κ3) is 2.94. The van der Waals surface area contributed by atoms with Crippen LogP contribution in [0, 0.1) is 5.82 Å². The number of nitrogens with zero attached hydrogens (tertiary/aromatic N) is 3. The Morgan fingerprint density at radius 3 is 2.48 bits per heavy atom. The molecule has 124 valence electrons. The minimum absolute atomic E-state index is 0.304. The first-order valence-electron chi connectivity index (χ1n) is 7.97. The van der Waals surface area contributed by atoms with Gasteiger partial charge in [0, 0.05) is 11.3 Å². The fourth-order valence-electron chi connectivity index (χ4n) is 2.65. The Hall–Kier alpha value is -3.28. The molecule has 2 aromatic heterocycles. The molecule has 0 saturated heterocycles. The van der Waals surface area contributed by atoms with E-state index in [0.29, 0.717) is 22.6 Å². The van der Waals surface area contributed by atoms with Crippen LogP contribution in [0.3, 0.4) is 0 Å². The molecule has 25 heavy (non-hydrogen) atoms. The van der Waals surface area contributed by atoms with Crippen LogP contribution < -0.4 is 5.32 Å². The predicted octanol–water partition coefficient (Wildman–Crippen LogP) is 4.73. The van der Waals surface area contributed by atoms with Gasteiger partial charge in [-0.25, -0.2) is 9.37 Å². The smallest absolute Gasteiger partial charge is 0.263 e. The second-order valence-electron chi connectivity index (χ2n) is 5.62. The maximum atomic E-state index is 13.2. The van der Waals surface area contributed by atoms with Gasteiger partial charge in [-0.15, -0.1) is 0 Å². The van der Waals surface area contributed by atoms with Gasteiger partial charge >= 0.3 is 0 Å². The Labute approximate surface area is 143 Å². The van der Waals surface area contributed by atoms with Crippen LogP contribution in [0.2, 0.25) is 0 Å². The largest absolute Gasteiger partial charge is 0.339 e. The molecule has 0 aliphatic carbocycles. The highest BCUT2D eigenvalue weighted by Crippen LogP contribution is 2.32. The first-order valence-corrected chi connectivity index (χ1v) is 7.97. The maximum absolute atomic E-state index is 13.2. The summed E-state index contributed by atoms with van der Waals surface area (Å²) in [4.78, 5) is 8.44. The molecule has 5 nitrogen and oxygen atoms in total. The van der Waals surface area contributed by atoms with Gasteiger partial charge in [0.2, 0.25) is 0 Å². The summed E-state index contributed by atoms with van der Waals surface area (Å²) in [6.07, 6.45) is 2.41. The molecule has 0 aliphatic heterocycles. The van der Waals surface area contributed by atoms with Gasteiger partial charge in [0.1, 0.15) is 29.0 Å². The van der Waals surface area contributed by atoms with E-state index in [4.69, 9.17) is 4.52 Å². The van der Waals surface area contributed by atoms with E-state index >= 15 is 0 Å². The van der Waals surface area contributed by atoms with Gasteiger partial charge in [-0.2, -0.15) is 4.98 Å². The molecule has 0 spiro atoms. The molecule has 0 saturated carbocycles. The Balaban J connectivity index is 1.78. The number of aromatic nitrogens is 3. The highest BCUT2D eigenvalue weighted by Gasteiger charge is 2.17. The number of aryl methyl sites for hydroxylation is 1. The van der Waals surface area contributed by atoms with E-state index in [2.05, 4.69) is 39.5 Å². The van der Waals surface area contributed by atoms with E-state index in [0.717, 1.165) is 17.7 Å². The van der Waals surface area contributed by atoms with Crippen molar-refractivity contribution in [1.29, 1.82) is 0 Å². The zero-order chi connectivity index (χ0) is 17.2. The second kappa shape index (κ2) is 6.32. The number of hydrogen-bond donors (Lipinski definition) is 1. The average molecular weight is 334 g/mol. The van der Waals surface area contributed by atoms with Crippen molar-refractivity contribution in [3.63, 3.8) is 0 Å². The van der Waals surface area contributed by atoms with Crippen LogP contribution in [0.5, 0.6) is 0 Å². The van der Waals surface area contributed by atoms with Crippen LogP contribution in [0.4, 0.5) is 15.9 Å². The molecular formula is C19H15FN4O. The monoisotopic (exact) mass is 334 g/mol. The highest BCUT2D eigenvalue weighted by atomic mass is 19.1. The number of anilines is 2. The summed E-state index contributed by atoms with van der Waals surface area (Å²) in [6.45, 7) is 2.11. The van der Waals surface area contributed by atoms with Gasteiger partial charge < -0.3 is 9.84 Å². The molecule has 4 rings (SSSR count). The molecule has 0 fully saturated rings. The summed E-state index contributed by atoms with van der Waals surface area (Å²) in [6, 6.07) is 14.2. The average Bonchev–Trinajstić information content (AvgIpc) is 3.08. The van der Waals surface area contributed by atoms with Crippen molar-refractivity contribution in [2.75, 3.05) is 5.32 Å². The first-order chi connectivity index (χ1) is 12.2. The quantitative estimate of drug-likeness (QED) is 0.584. The zero-order valence-electron chi connectivity index (χ0n) is 13.5. The number of hydrogen-bond acceptors (Lipinski definition) is 5. The van der Waals surface area contributed by atoms with E-state index in [-0.39, 0.29) is 5.82 Å². The lowest BCUT2D eigenvalue weighted by atomic mass is 10.1. The molecular weight excluding hydrogens is 319 g/mol. The predicted molar refractivity (Wildman–Crippen MR) is 94.1 cm³/mol. The van der Waals surface area contributed by atoms with Gasteiger partial charge in [-0.3, -0.25) is 0 Å². The van der Waals surface area contributed by atoms with Crippen molar-refractivity contribution in [2.24, 2.45) is 0 Å². The van der Waals surface area contributed by atoms with Gasteiger partial charge in [0.05, 0.1) is 0 Å². The molecule has 0 atom stereocenters. The molecule has 2 heterocycles. The minimum atomic E-state index is -0.304. The van der Waals surface area contributed by atoms with Crippen molar-refractivity contribution in [3.05, 3.63) is 66.2 Å². The lowest BCUT2D eigenvalue weighted by Crippen LogP contribution is -1.96. The minimum Gasteiger partial charge on any atom is -0.339 e. The highest BCUT2D eigenvalue weighted by molar-refractivity contribution is 5.98. The number of fused-ring (bicyclic) bond motifs is 1. The van der Waals surface area contributed by atoms with Gasteiger partial charge in [0.15, 0.2) is 0 Å². The van der Waals surface area contributed by atoms with Crippen molar-refractivity contribution in [3.8, 4) is 11.3 Å². The van der Waals surface area contributed by atoms with Crippen molar-refractivity contribution >= 4 is 22.6 Å². The summed E-state index contributed by atoms with van der Waals surface area (Å²) in [7, 11) is 0. The number of nitrogens with one attached hydrogen (secondary N) is 1. The van der Waals surface area contributed by atoms with E-state index in [1.54, 1.807) is 12.1 Å². The molecule has 2 aromatic carbocycles. The molecule has 4 aromatic rings. The van der Waals surface area contributed by atoms with Crippen LogP contribution in [0.15, 0.2) is 59.4 Å². The van der Waals surface area contributed by atoms with Crippen LogP contribution in [0.1, 0.15) is 12.5 Å².